The van der Waals surface area contributed by atoms with Gasteiger partial charge < -0.3 is 15.2 Å². The zero-order valence-electron chi connectivity index (χ0n) is 16.4. The summed E-state index contributed by atoms with van der Waals surface area (Å²) < 4.78 is 4.63. The Balaban J connectivity index is 1.66. The van der Waals surface area contributed by atoms with Gasteiger partial charge in [-0.2, -0.15) is 0 Å². The predicted molar refractivity (Wildman–Crippen MR) is 120 cm³/mol. The van der Waals surface area contributed by atoms with E-state index in [2.05, 4.69) is 15.0 Å². The predicted octanol–water partition coefficient (Wildman–Crippen LogP) is 4.08. The Hall–Kier alpha value is -2.75. The number of carbonyl (C=O) groups is 3. The molecule has 2 N–H and O–H groups in total. The molecule has 31 heavy (non-hydrogen) atoms. The lowest BCUT2D eigenvalue weighted by molar-refractivity contribution is -0.127. The average Bonchev–Trinajstić information content (AvgIpc) is 2.99. The van der Waals surface area contributed by atoms with Crippen LogP contribution in [0.2, 0.25) is 10.0 Å². The molecular weight excluding hydrogens is 465 g/mol. The molecule has 11 heteroatoms. The van der Waals surface area contributed by atoms with Crippen molar-refractivity contribution in [1.29, 1.82) is 0 Å². The summed E-state index contributed by atoms with van der Waals surface area (Å²) in [6.45, 7) is 0. The number of nitrogens with zero attached hydrogens (tertiary/aromatic N) is 2. The third kappa shape index (κ3) is 5.30. The van der Waals surface area contributed by atoms with Crippen LogP contribution in [0, 0.1) is 0 Å². The minimum Gasteiger partial charge on any atom is -0.505 e. The number of phenolic OH excluding ortho intramolecular Hbond substituents is 1. The highest BCUT2D eigenvalue weighted by Crippen LogP contribution is 2.37. The van der Waals surface area contributed by atoms with E-state index in [0.717, 1.165) is 11.8 Å². The number of hydrogen-bond donors (Lipinski definition) is 2. The molecule has 2 aromatic carbocycles. The van der Waals surface area contributed by atoms with E-state index in [0.29, 0.717) is 22.1 Å². The molecule has 1 unspecified atom stereocenters. The maximum absolute atomic E-state index is 12.5. The van der Waals surface area contributed by atoms with E-state index >= 15 is 0 Å². The normalized spacial score (nSPS) is 17.2. The second-order valence-corrected chi connectivity index (χ2v) is 8.46. The number of hydrogen-bond acceptors (Lipinski definition) is 7. The zero-order valence-corrected chi connectivity index (χ0v) is 18.7. The highest BCUT2D eigenvalue weighted by atomic mass is 35.5. The van der Waals surface area contributed by atoms with Gasteiger partial charge in [0.15, 0.2) is 10.9 Å². The first-order valence-corrected chi connectivity index (χ1v) is 10.5. The average molecular weight is 482 g/mol. The monoisotopic (exact) mass is 481 g/mol. The van der Waals surface area contributed by atoms with Crippen LogP contribution < -0.4 is 5.32 Å². The van der Waals surface area contributed by atoms with Gasteiger partial charge >= 0.3 is 5.97 Å². The van der Waals surface area contributed by atoms with Gasteiger partial charge in [-0.3, -0.25) is 14.5 Å². The number of amides is 2. The minimum absolute atomic E-state index is 0.0398. The summed E-state index contributed by atoms with van der Waals surface area (Å²) in [7, 11) is 2.84. The smallest absolute Gasteiger partial charge is 0.337 e. The molecule has 3 rings (SSSR count). The topological polar surface area (TPSA) is 108 Å². The number of rotatable bonds is 5. The summed E-state index contributed by atoms with van der Waals surface area (Å²) in [5.74, 6) is -1.35. The molecule has 1 saturated heterocycles. The van der Waals surface area contributed by atoms with Crippen LogP contribution in [-0.2, 0) is 14.3 Å². The van der Waals surface area contributed by atoms with Crippen LogP contribution in [0.5, 0.6) is 5.75 Å². The van der Waals surface area contributed by atoms with E-state index in [-0.39, 0.29) is 34.0 Å². The van der Waals surface area contributed by atoms with Crippen molar-refractivity contribution in [2.24, 2.45) is 4.99 Å². The molecule has 1 heterocycles. The fraction of sp³-hybridized carbons (Fsp3) is 0.200. The number of thioether (sulfide) groups is 1. The van der Waals surface area contributed by atoms with Crippen molar-refractivity contribution in [3.05, 3.63) is 52.0 Å². The molecule has 2 amide bonds. The van der Waals surface area contributed by atoms with Crippen molar-refractivity contribution in [3.63, 3.8) is 0 Å². The van der Waals surface area contributed by atoms with Crippen LogP contribution in [-0.4, -0.2) is 52.4 Å². The first-order valence-electron chi connectivity index (χ1n) is 8.88. The standard InChI is InChI=1S/C20H17Cl2N3O5S/c1-25-18(28)15(31-20(25)24-12-7-13(21)17(27)14(22)8-12)9-16(26)23-11-5-3-10(4-6-11)19(29)30-2/h3-8,15,27H,9H2,1-2H3,(H,23,26). The van der Waals surface area contributed by atoms with Gasteiger partial charge in [-0.25, -0.2) is 9.79 Å². The molecule has 0 saturated carbocycles. The molecular formula is C20H17Cl2N3O5S. The lowest BCUT2D eigenvalue weighted by Gasteiger charge is -2.10. The second kappa shape index (κ2) is 9.59. The highest BCUT2D eigenvalue weighted by Gasteiger charge is 2.37. The third-order valence-electron chi connectivity index (χ3n) is 4.33. The van der Waals surface area contributed by atoms with Gasteiger partial charge in [0, 0.05) is 19.2 Å². The number of methoxy groups -OCH3 is 1. The van der Waals surface area contributed by atoms with Crippen LogP contribution in [0.15, 0.2) is 41.4 Å². The highest BCUT2D eigenvalue weighted by molar-refractivity contribution is 8.15. The zero-order chi connectivity index (χ0) is 22.7. The van der Waals surface area contributed by atoms with Crippen molar-refractivity contribution in [2.45, 2.75) is 11.7 Å². The van der Waals surface area contributed by atoms with Crippen LogP contribution in [0.3, 0.4) is 0 Å². The first-order chi connectivity index (χ1) is 14.7. The Kier molecular flexibility index (Phi) is 7.09. The van der Waals surface area contributed by atoms with Gasteiger partial charge in [-0.15, -0.1) is 0 Å². The van der Waals surface area contributed by atoms with Gasteiger partial charge in [-0.05, 0) is 36.4 Å². The Labute approximate surface area is 192 Å². The molecule has 1 aliphatic heterocycles. The molecule has 2 aromatic rings. The van der Waals surface area contributed by atoms with Crippen molar-refractivity contribution >= 4 is 69.3 Å². The number of amidine groups is 1. The van der Waals surface area contributed by atoms with Gasteiger partial charge in [-0.1, -0.05) is 35.0 Å². The Morgan fingerprint density at radius 1 is 1.23 bits per heavy atom. The molecule has 0 radical (unpaired) electrons. The van der Waals surface area contributed by atoms with E-state index in [9.17, 15) is 19.5 Å². The summed E-state index contributed by atoms with van der Waals surface area (Å²) in [4.78, 5) is 42.1. The summed E-state index contributed by atoms with van der Waals surface area (Å²) in [5, 5.41) is 12.2. The van der Waals surface area contributed by atoms with Gasteiger partial charge in [0.2, 0.25) is 11.8 Å². The Morgan fingerprint density at radius 2 is 1.84 bits per heavy atom. The second-order valence-electron chi connectivity index (χ2n) is 6.48. The van der Waals surface area contributed by atoms with Gasteiger partial charge in [0.25, 0.3) is 0 Å². The maximum atomic E-state index is 12.5. The largest absolute Gasteiger partial charge is 0.505 e. The molecule has 8 nitrogen and oxygen atoms in total. The van der Waals surface area contributed by atoms with Gasteiger partial charge in [0.05, 0.1) is 28.4 Å². The number of ether oxygens (including phenoxy) is 1. The summed E-state index contributed by atoms with van der Waals surface area (Å²) in [6.07, 6.45) is -0.0668. The number of esters is 1. The molecule has 162 valence electrons. The van der Waals surface area contributed by atoms with Crippen molar-refractivity contribution < 1.29 is 24.2 Å². The first kappa shape index (κ1) is 22.9. The Bertz CT molecular complexity index is 1050. The van der Waals surface area contributed by atoms with E-state index in [1.165, 1.54) is 36.3 Å². The number of nitrogens with one attached hydrogen (secondary N) is 1. The number of anilines is 1. The van der Waals surface area contributed by atoms with Crippen LogP contribution >= 0.6 is 35.0 Å². The number of halogens is 2. The fourth-order valence-corrected chi connectivity index (χ4v) is 4.34. The Morgan fingerprint density at radius 3 is 2.42 bits per heavy atom. The minimum atomic E-state index is -0.652. The van der Waals surface area contributed by atoms with E-state index in [1.54, 1.807) is 19.2 Å². The third-order valence-corrected chi connectivity index (χ3v) is 6.13. The molecule has 0 aromatic heterocycles. The number of phenols is 1. The SMILES string of the molecule is COC(=O)c1ccc(NC(=O)CC2SC(=Nc3cc(Cl)c(O)c(Cl)c3)N(C)C2=O)cc1. The van der Waals surface area contributed by atoms with Crippen LogP contribution in [0.1, 0.15) is 16.8 Å². The summed E-state index contributed by atoms with van der Waals surface area (Å²) in [5.41, 5.74) is 1.22. The molecule has 1 aliphatic rings. The lowest BCUT2D eigenvalue weighted by atomic mass is 10.2. The number of aromatic hydroxyl groups is 1. The number of benzene rings is 2. The molecule has 0 spiro atoms. The number of aliphatic imine (C=N–C) groups is 1. The summed E-state index contributed by atoms with van der Waals surface area (Å²) in [6, 6.07) is 9.06. The van der Waals surface area contributed by atoms with Crippen molar-refractivity contribution in [1.82, 2.24) is 4.90 Å². The van der Waals surface area contributed by atoms with Gasteiger partial charge in [0.1, 0.15) is 5.25 Å². The van der Waals surface area contributed by atoms with E-state index < -0.39 is 11.2 Å². The summed E-state index contributed by atoms with van der Waals surface area (Å²) >= 11 is 13.0. The maximum Gasteiger partial charge on any atom is 0.337 e. The van der Waals surface area contributed by atoms with Crippen LogP contribution in [0.25, 0.3) is 0 Å². The van der Waals surface area contributed by atoms with E-state index in [1.807, 2.05) is 0 Å². The lowest BCUT2D eigenvalue weighted by Crippen LogP contribution is -2.30. The van der Waals surface area contributed by atoms with Crippen molar-refractivity contribution in [2.75, 3.05) is 19.5 Å². The van der Waals surface area contributed by atoms with Crippen molar-refractivity contribution in [3.8, 4) is 5.75 Å². The fourth-order valence-electron chi connectivity index (χ4n) is 2.71. The number of carbonyl (C=O) groups excluding carboxylic acids is 3. The molecule has 0 aliphatic carbocycles. The quantitative estimate of drug-likeness (QED) is 0.622. The molecule has 1 fully saturated rings. The molecule has 1 atom stereocenters. The van der Waals surface area contributed by atoms with E-state index in [4.69, 9.17) is 23.2 Å². The van der Waals surface area contributed by atoms with Crippen LogP contribution in [0.4, 0.5) is 11.4 Å². The molecule has 0 bridgehead atoms.